The Bertz CT molecular complexity index is 4480. The van der Waals surface area contributed by atoms with Crippen LogP contribution in [-0.4, -0.2) is 15.0 Å². The molecule has 1 aliphatic carbocycles. The van der Waals surface area contributed by atoms with E-state index in [4.69, 9.17) is 19.4 Å². The minimum atomic E-state index is -0.479. The first kappa shape index (κ1) is 43.1. The summed E-state index contributed by atoms with van der Waals surface area (Å²) in [6.07, 6.45) is 0. The van der Waals surface area contributed by atoms with Crippen LogP contribution < -0.4 is 0 Å². The van der Waals surface area contributed by atoms with E-state index in [2.05, 4.69) is 243 Å². The molecule has 0 N–H and O–H groups in total. The lowest BCUT2D eigenvalue weighted by Crippen LogP contribution is -2.28. The molecule has 5 heteroatoms. The maximum Gasteiger partial charge on any atom is 0.164 e. The van der Waals surface area contributed by atoms with Crippen molar-refractivity contribution in [3.05, 3.63) is 283 Å². The van der Waals surface area contributed by atoms with Crippen LogP contribution in [0.2, 0.25) is 0 Å². The van der Waals surface area contributed by atoms with Crippen LogP contribution in [0.4, 0.5) is 0 Å². The highest BCUT2D eigenvalue weighted by molar-refractivity contribution is 7.25. The monoisotopic (exact) mass is 973 g/mol. The van der Waals surface area contributed by atoms with E-state index in [0.29, 0.717) is 17.5 Å². The third-order valence-electron chi connectivity index (χ3n) is 15.2. The Hall–Kier alpha value is -9.55. The normalized spacial score (nSPS) is 12.6. The van der Waals surface area contributed by atoms with E-state index in [1.807, 2.05) is 18.2 Å². The minimum Gasteiger partial charge on any atom is -0.456 e. The number of benzene rings is 11. The van der Waals surface area contributed by atoms with Gasteiger partial charge in [0, 0.05) is 47.6 Å². The summed E-state index contributed by atoms with van der Waals surface area (Å²) in [5.41, 5.74) is 18.3. The van der Waals surface area contributed by atoms with Gasteiger partial charge >= 0.3 is 0 Å². The van der Waals surface area contributed by atoms with Crippen molar-refractivity contribution in [3.8, 4) is 78.7 Å². The summed E-state index contributed by atoms with van der Waals surface area (Å²) in [5, 5.41) is 4.38. The van der Waals surface area contributed by atoms with E-state index in [9.17, 15) is 0 Å². The lowest BCUT2D eigenvalue weighted by molar-refractivity contribution is 0.669. The third kappa shape index (κ3) is 6.93. The van der Waals surface area contributed by atoms with Crippen molar-refractivity contribution in [3.63, 3.8) is 0 Å². The van der Waals surface area contributed by atoms with Gasteiger partial charge in [-0.25, -0.2) is 15.0 Å². The largest absolute Gasteiger partial charge is 0.456 e. The molecule has 0 saturated carbocycles. The zero-order chi connectivity index (χ0) is 49.5. The van der Waals surface area contributed by atoms with Gasteiger partial charge in [0.15, 0.2) is 17.5 Å². The van der Waals surface area contributed by atoms with Gasteiger partial charge in [0.05, 0.1) is 5.41 Å². The summed E-state index contributed by atoms with van der Waals surface area (Å²) in [6, 6.07) is 93.6. The van der Waals surface area contributed by atoms with Crippen LogP contribution in [0.15, 0.2) is 265 Å². The highest BCUT2D eigenvalue weighted by atomic mass is 32.1. The van der Waals surface area contributed by atoms with Gasteiger partial charge in [0.25, 0.3) is 0 Å². The summed E-state index contributed by atoms with van der Waals surface area (Å²) in [7, 11) is 0. The van der Waals surface area contributed by atoms with Gasteiger partial charge in [-0.1, -0.05) is 212 Å². The Morgan fingerprint density at radius 3 is 1.65 bits per heavy atom. The lowest BCUT2D eigenvalue weighted by atomic mass is 9.67. The fourth-order valence-corrected chi connectivity index (χ4v) is 12.9. The van der Waals surface area contributed by atoms with Crippen LogP contribution in [0.25, 0.3) is 121 Å². The number of fused-ring (bicyclic) bond motifs is 9. The lowest BCUT2D eigenvalue weighted by Gasteiger charge is -2.34. The maximum atomic E-state index is 6.67. The zero-order valence-corrected chi connectivity index (χ0v) is 41.3. The van der Waals surface area contributed by atoms with Crippen molar-refractivity contribution in [2.45, 2.75) is 5.41 Å². The minimum absolute atomic E-state index is 0.479. The second-order valence-electron chi connectivity index (χ2n) is 19.4. The van der Waals surface area contributed by atoms with Crippen LogP contribution in [0.1, 0.15) is 22.3 Å². The molecule has 0 saturated heterocycles. The Labute approximate surface area is 437 Å². The Morgan fingerprint density at radius 1 is 0.307 bits per heavy atom. The van der Waals surface area contributed by atoms with Crippen molar-refractivity contribution in [2.24, 2.45) is 0 Å². The zero-order valence-electron chi connectivity index (χ0n) is 40.5. The molecular formula is C70H43N3OS. The molecule has 3 heterocycles. The van der Waals surface area contributed by atoms with Crippen molar-refractivity contribution in [1.82, 2.24) is 15.0 Å². The van der Waals surface area contributed by atoms with E-state index in [1.54, 1.807) is 11.3 Å². The molecule has 0 atom stereocenters. The first-order valence-corrected chi connectivity index (χ1v) is 26.2. The van der Waals surface area contributed by atoms with Gasteiger partial charge in [-0.15, -0.1) is 11.3 Å². The molecule has 11 aromatic carbocycles. The molecule has 0 radical (unpaired) electrons. The standard InChI is InChI=1S/C70H43N3OS/c1-4-17-44(18-5-1)45-33-35-46(36-34-45)67-71-68(50-38-40-64-57(43-50)54-25-11-13-32-63(54)75-64)73-69(72-67)56-28-16-31-62-66(56)58-42-48(37-39-61(58)74-62)47-19-14-20-49(41-47)53-27-15-30-60-65(53)55-26-10-12-29-59(55)70(60,51-21-6-2-7-22-51)52-23-8-3-9-24-52/h1-43H. The second kappa shape index (κ2) is 17.3. The highest BCUT2D eigenvalue weighted by Crippen LogP contribution is 2.58. The topological polar surface area (TPSA) is 51.8 Å². The van der Waals surface area contributed by atoms with E-state index < -0.39 is 5.41 Å². The van der Waals surface area contributed by atoms with E-state index >= 15 is 0 Å². The van der Waals surface area contributed by atoms with E-state index in [-0.39, 0.29) is 0 Å². The Morgan fingerprint density at radius 2 is 0.840 bits per heavy atom. The SMILES string of the molecule is c1ccc(-c2ccc(-c3nc(-c4ccc5sc6ccccc6c5c4)nc(-c4cccc5oc6ccc(-c7cccc(-c8cccc9c8-c8ccccc8C9(c8ccccc8)c8ccccc8)c7)cc6c45)n3)cc2)cc1. The molecule has 0 unspecified atom stereocenters. The average Bonchev–Trinajstić information content (AvgIpc) is 4.29. The van der Waals surface area contributed by atoms with Crippen molar-refractivity contribution < 1.29 is 4.42 Å². The van der Waals surface area contributed by atoms with Crippen LogP contribution in [0, 0.1) is 0 Å². The van der Waals surface area contributed by atoms with Gasteiger partial charge in [0.1, 0.15) is 11.2 Å². The predicted molar refractivity (Wildman–Crippen MR) is 310 cm³/mol. The summed E-state index contributed by atoms with van der Waals surface area (Å²) in [6.45, 7) is 0. The van der Waals surface area contributed by atoms with Crippen LogP contribution >= 0.6 is 11.3 Å². The Balaban J connectivity index is 0.873. The second-order valence-corrected chi connectivity index (χ2v) is 20.5. The van der Waals surface area contributed by atoms with Gasteiger partial charge in [-0.3, -0.25) is 0 Å². The number of thiophene rings is 1. The molecule has 350 valence electrons. The molecule has 4 nitrogen and oxygen atoms in total. The number of nitrogens with zero attached hydrogens (tertiary/aromatic N) is 3. The molecule has 0 bridgehead atoms. The quantitative estimate of drug-likeness (QED) is 0.152. The molecule has 15 rings (SSSR count). The summed E-state index contributed by atoms with van der Waals surface area (Å²) in [5.74, 6) is 1.80. The molecule has 3 aromatic heterocycles. The van der Waals surface area contributed by atoms with Crippen LogP contribution in [0.5, 0.6) is 0 Å². The Kier molecular flexibility index (Phi) is 9.94. The molecule has 1 aliphatic rings. The molecular weight excluding hydrogens is 931 g/mol. The predicted octanol–water partition coefficient (Wildman–Crippen LogP) is 18.5. The smallest absolute Gasteiger partial charge is 0.164 e. The number of rotatable bonds is 8. The number of hydrogen-bond donors (Lipinski definition) is 0. The van der Waals surface area contributed by atoms with Crippen LogP contribution in [-0.2, 0) is 5.41 Å². The van der Waals surface area contributed by atoms with Crippen molar-refractivity contribution in [2.75, 3.05) is 0 Å². The van der Waals surface area contributed by atoms with Gasteiger partial charge in [0.2, 0.25) is 0 Å². The average molecular weight is 974 g/mol. The first-order valence-electron chi connectivity index (χ1n) is 25.4. The van der Waals surface area contributed by atoms with Crippen molar-refractivity contribution >= 4 is 53.4 Å². The van der Waals surface area contributed by atoms with Gasteiger partial charge < -0.3 is 4.42 Å². The van der Waals surface area contributed by atoms with E-state index in [1.165, 1.54) is 59.1 Å². The van der Waals surface area contributed by atoms with Crippen molar-refractivity contribution in [1.29, 1.82) is 0 Å². The highest BCUT2D eigenvalue weighted by Gasteiger charge is 2.46. The molecule has 0 fully saturated rings. The fraction of sp³-hybridized carbons (Fsp3) is 0.0143. The maximum absolute atomic E-state index is 6.67. The fourth-order valence-electron chi connectivity index (χ4n) is 11.9. The third-order valence-corrected chi connectivity index (χ3v) is 16.4. The number of aromatic nitrogens is 3. The molecule has 0 spiro atoms. The summed E-state index contributed by atoms with van der Waals surface area (Å²) < 4.78 is 9.16. The van der Waals surface area contributed by atoms with Crippen LogP contribution in [0.3, 0.4) is 0 Å². The van der Waals surface area contributed by atoms with Gasteiger partial charge in [-0.05, 0) is 115 Å². The number of hydrogen-bond acceptors (Lipinski definition) is 5. The molecule has 14 aromatic rings. The van der Waals surface area contributed by atoms with E-state index in [0.717, 1.165) is 66.4 Å². The first-order chi connectivity index (χ1) is 37.2. The number of furan rings is 1. The molecule has 75 heavy (non-hydrogen) atoms. The molecule has 0 amide bonds. The summed E-state index contributed by atoms with van der Waals surface area (Å²) >= 11 is 1.80. The summed E-state index contributed by atoms with van der Waals surface area (Å²) in [4.78, 5) is 15.8. The molecule has 0 aliphatic heterocycles. The van der Waals surface area contributed by atoms with Gasteiger partial charge in [-0.2, -0.15) is 0 Å².